The maximum absolute atomic E-state index is 14.1. The van der Waals surface area contributed by atoms with Gasteiger partial charge in [0.1, 0.15) is 11.6 Å². The van der Waals surface area contributed by atoms with Gasteiger partial charge in [0, 0.05) is 37.9 Å². The van der Waals surface area contributed by atoms with Crippen LogP contribution in [0.5, 0.6) is 0 Å². The van der Waals surface area contributed by atoms with Crippen LogP contribution in [0.25, 0.3) is 0 Å². The molecule has 0 bridgehead atoms. The van der Waals surface area contributed by atoms with Crippen molar-refractivity contribution in [2.45, 2.75) is 37.7 Å². The Morgan fingerprint density at radius 1 is 1.00 bits per heavy atom. The highest BCUT2D eigenvalue weighted by atomic mass is 19.1. The summed E-state index contributed by atoms with van der Waals surface area (Å²) in [7, 11) is 0. The molecule has 1 saturated carbocycles. The Hall–Kier alpha value is -1.98. The van der Waals surface area contributed by atoms with E-state index in [1.165, 1.54) is 6.07 Å². The number of pyridine rings is 1. The zero-order valence-corrected chi connectivity index (χ0v) is 16.4. The molecular formula is C23H30FN3O. The fourth-order valence-corrected chi connectivity index (χ4v) is 4.66. The van der Waals surface area contributed by atoms with Crippen LogP contribution in [0.4, 0.5) is 10.2 Å². The van der Waals surface area contributed by atoms with Crippen LogP contribution in [0.15, 0.2) is 48.7 Å². The lowest BCUT2D eigenvalue weighted by molar-refractivity contribution is -0.0190. The Morgan fingerprint density at radius 2 is 1.71 bits per heavy atom. The second-order valence-corrected chi connectivity index (χ2v) is 8.26. The maximum atomic E-state index is 14.1. The number of nitrogens with zero attached hydrogens (tertiary/aromatic N) is 3. The Kier molecular flexibility index (Phi) is 5.93. The Morgan fingerprint density at radius 3 is 2.39 bits per heavy atom. The first-order valence-corrected chi connectivity index (χ1v) is 10.5. The standard InChI is InChI=1S/C23H30FN3O/c24-21-6-2-1-5-20(21)23(28)11-8-19(9-12-23)10-14-26-15-17-27(18-16-26)22-7-3-4-13-25-22/h1-7,13,19,28H,8-12,14-18H2. The van der Waals surface area contributed by atoms with Crippen LogP contribution in [0.2, 0.25) is 0 Å². The molecule has 2 heterocycles. The van der Waals surface area contributed by atoms with Gasteiger partial charge in [-0.1, -0.05) is 24.3 Å². The third kappa shape index (κ3) is 4.36. The van der Waals surface area contributed by atoms with Crippen molar-refractivity contribution in [1.82, 2.24) is 9.88 Å². The van der Waals surface area contributed by atoms with Gasteiger partial charge >= 0.3 is 0 Å². The van der Waals surface area contributed by atoms with Crippen LogP contribution in [0.1, 0.15) is 37.7 Å². The lowest BCUT2D eigenvalue weighted by atomic mass is 9.74. The summed E-state index contributed by atoms with van der Waals surface area (Å²) < 4.78 is 14.1. The molecule has 4 nitrogen and oxygen atoms in total. The van der Waals surface area contributed by atoms with Crippen LogP contribution in [0.3, 0.4) is 0 Å². The highest BCUT2D eigenvalue weighted by Crippen LogP contribution is 2.41. The van der Waals surface area contributed by atoms with E-state index < -0.39 is 5.60 Å². The van der Waals surface area contributed by atoms with E-state index in [1.807, 2.05) is 24.4 Å². The zero-order chi connectivity index (χ0) is 19.4. The van der Waals surface area contributed by atoms with Crippen LogP contribution >= 0.6 is 0 Å². The molecule has 1 aromatic carbocycles. The highest BCUT2D eigenvalue weighted by molar-refractivity contribution is 5.38. The van der Waals surface area contributed by atoms with Crippen LogP contribution < -0.4 is 4.90 Å². The first-order valence-electron chi connectivity index (χ1n) is 10.5. The number of hydrogen-bond donors (Lipinski definition) is 1. The van der Waals surface area contributed by atoms with Crippen LogP contribution in [-0.4, -0.2) is 47.7 Å². The predicted molar refractivity (Wildman–Crippen MR) is 110 cm³/mol. The fraction of sp³-hybridized carbons (Fsp3) is 0.522. The van der Waals surface area contributed by atoms with Crippen molar-refractivity contribution in [2.75, 3.05) is 37.6 Å². The van der Waals surface area contributed by atoms with E-state index in [2.05, 4.69) is 20.9 Å². The number of piperazine rings is 1. The molecule has 2 aliphatic rings. The molecule has 0 amide bonds. The lowest BCUT2D eigenvalue weighted by Gasteiger charge is -2.38. The molecule has 1 aromatic heterocycles. The number of aromatic nitrogens is 1. The smallest absolute Gasteiger partial charge is 0.129 e. The summed E-state index contributed by atoms with van der Waals surface area (Å²) in [5.74, 6) is 1.41. The van der Waals surface area contributed by atoms with E-state index in [0.29, 0.717) is 24.3 Å². The van der Waals surface area contributed by atoms with Gasteiger partial charge in [0.05, 0.1) is 5.60 Å². The molecule has 4 rings (SSSR count). The van der Waals surface area contributed by atoms with Crippen molar-refractivity contribution in [3.63, 3.8) is 0 Å². The normalized spacial score (nSPS) is 26.4. The lowest BCUT2D eigenvalue weighted by Crippen LogP contribution is -2.47. The summed E-state index contributed by atoms with van der Waals surface area (Å²) in [4.78, 5) is 9.34. The molecule has 2 fully saturated rings. The summed E-state index contributed by atoms with van der Waals surface area (Å²) in [5, 5.41) is 10.9. The van der Waals surface area contributed by atoms with Gasteiger partial charge < -0.3 is 10.0 Å². The second kappa shape index (κ2) is 8.58. The molecule has 5 heteroatoms. The molecular weight excluding hydrogens is 353 g/mol. The summed E-state index contributed by atoms with van der Waals surface area (Å²) >= 11 is 0. The van der Waals surface area contributed by atoms with E-state index in [-0.39, 0.29) is 5.82 Å². The van der Waals surface area contributed by atoms with Crippen molar-refractivity contribution in [3.8, 4) is 0 Å². The van der Waals surface area contributed by atoms with E-state index >= 15 is 0 Å². The van der Waals surface area contributed by atoms with Gasteiger partial charge in [-0.2, -0.15) is 0 Å². The number of halogens is 1. The first kappa shape index (κ1) is 19.3. The van der Waals surface area contributed by atoms with Gasteiger partial charge in [-0.25, -0.2) is 9.37 Å². The third-order valence-electron chi connectivity index (χ3n) is 6.51. The molecule has 0 unspecified atom stereocenters. The Bertz CT molecular complexity index is 753. The Balaban J connectivity index is 1.22. The topological polar surface area (TPSA) is 39.6 Å². The van der Waals surface area contributed by atoms with Gasteiger partial charge in [0.2, 0.25) is 0 Å². The molecule has 2 aromatic rings. The predicted octanol–water partition coefficient (Wildman–Crippen LogP) is 3.81. The summed E-state index contributed by atoms with van der Waals surface area (Å²) in [6.07, 6.45) is 6.28. The van der Waals surface area contributed by atoms with Gasteiger partial charge in [-0.15, -0.1) is 0 Å². The average Bonchev–Trinajstić information content (AvgIpc) is 2.75. The molecule has 28 heavy (non-hydrogen) atoms. The van der Waals surface area contributed by atoms with Gasteiger partial charge in [-0.3, -0.25) is 4.90 Å². The minimum Gasteiger partial charge on any atom is -0.385 e. The molecule has 0 atom stereocenters. The first-order chi connectivity index (χ1) is 13.6. The molecule has 150 valence electrons. The monoisotopic (exact) mass is 383 g/mol. The number of rotatable bonds is 5. The SMILES string of the molecule is OC1(c2ccccc2F)CCC(CCN2CCN(c3ccccn3)CC2)CC1. The molecule has 1 saturated heterocycles. The van der Waals surface area contributed by atoms with Crippen LogP contribution in [-0.2, 0) is 5.60 Å². The van der Waals surface area contributed by atoms with E-state index in [4.69, 9.17) is 0 Å². The van der Waals surface area contributed by atoms with E-state index in [9.17, 15) is 9.50 Å². The molecule has 1 aliphatic heterocycles. The van der Waals surface area contributed by atoms with Gasteiger partial charge in [0.15, 0.2) is 0 Å². The fourth-order valence-electron chi connectivity index (χ4n) is 4.66. The summed E-state index contributed by atoms with van der Waals surface area (Å²) in [5.41, 5.74) is -0.519. The largest absolute Gasteiger partial charge is 0.385 e. The molecule has 0 radical (unpaired) electrons. The van der Waals surface area contributed by atoms with Gasteiger partial charge in [0.25, 0.3) is 0 Å². The minimum atomic E-state index is -0.990. The third-order valence-corrected chi connectivity index (χ3v) is 6.51. The second-order valence-electron chi connectivity index (χ2n) is 8.26. The maximum Gasteiger partial charge on any atom is 0.129 e. The number of anilines is 1. The quantitative estimate of drug-likeness (QED) is 0.852. The van der Waals surface area contributed by atoms with Crippen molar-refractivity contribution in [3.05, 3.63) is 60.0 Å². The van der Waals surface area contributed by atoms with E-state index in [1.54, 1.807) is 12.1 Å². The molecule has 1 N–H and O–H groups in total. The van der Waals surface area contributed by atoms with Crippen LogP contribution in [0, 0.1) is 11.7 Å². The Labute approximate surface area is 167 Å². The van der Waals surface area contributed by atoms with Gasteiger partial charge in [-0.05, 0) is 62.8 Å². The van der Waals surface area contributed by atoms with Crippen molar-refractivity contribution >= 4 is 5.82 Å². The van der Waals surface area contributed by atoms with E-state index in [0.717, 1.165) is 57.8 Å². The van der Waals surface area contributed by atoms with Crippen molar-refractivity contribution < 1.29 is 9.50 Å². The molecule has 0 spiro atoms. The zero-order valence-electron chi connectivity index (χ0n) is 16.4. The average molecular weight is 384 g/mol. The van der Waals surface area contributed by atoms with Crippen molar-refractivity contribution in [2.24, 2.45) is 5.92 Å². The minimum absolute atomic E-state index is 0.283. The number of aliphatic hydroxyl groups is 1. The molecule has 1 aliphatic carbocycles. The van der Waals surface area contributed by atoms with Crippen molar-refractivity contribution in [1.29, 1.82) is 0 Å². The number of hydrogen-bond acceptors (Lipinski definition) is 4. The summed E-state index contributed by atoms with van der Waals surface area (Å²) in [6.45, 7) is 5.30. The summed E-state index contributed by atoms with van der Waals surface area (Å²) in [6, 6.07) is 12.8. The highest BCUT2D eigenvalue weighted by Gasteiger charge is 2.36. The number of benzene rings is 1.